The van der Waals surface area contributed by atoms with Crippen LogP contribution in [0, 0.1) is 18.7 Å². The van der Waals surface area contributed by atoms with Gasteiger partial charge in [0.25, 0.3) is 5.56 Å². The molecule has 0 saturated carbocycles. The third-order valence-corrected chi connectivity index (χ3v) is 8.73. The van der Waals surface area contributed by atoms with Gasteiger partial charge in [-0.2, -0.15) is 0 Å². The lowest BCUT2D eigenvalue weighted by Crippen LogP contribution is -2.28. The summed E-state index contributed by atoms with van der Waals surface area (Å²) in [6, 6.07) is 5.96. The second-order valence-electron chi connectivity index (χ2n) is 9.22. The van der Waals surface area contributed by atoms with Gasteiger partial charge in [-0.1, -0.05) is 19.1 Å². The number of amides is 1. The fourth-order valence-electron chi connectivity index (χ4n) is 4.79. The van der Waals surface area contributed by atoms with Crippen molar-refractivity contribution < 1.29 is 18.7 Å². The Balaban J connectivity index is 1.46. The summed E-state index contributed by atoms with van der Waals surface area (Å²) in [7, 11) is 0. The summed E-state index contributed by atoms with van der Waals surface area (Å²) >= 11 is 2.78. The Morgan fingerprint density at radius 1 is 1.24 bits per heavy atom. The Bertz CT molecular complexity index is 1570. The molecule has 0 aliphatic heterocycles. The van der Waals surface area contributed by atoms with Crippen LogP contribution in [0.2, 0.25) is 0 Å². The Kier molecular flexibility index (Phi) is 6.96. The van der Waals surface area contributed by atoms with E-state index in [2.05, 4.69) is 17.2 Å². The number of halogens is 1. The second-order valence-corrected chi connectivity index (χ2v) is 11.5. The van der Waals surface area contributed by atoms with Gasteiger partial charge in [-0.05, 0) is 62.3 Å². The van der Waals surface area contributed by atoms with Crippen LogP contribution in [-0.2, 0) is 28.9 Å². The fourth-order valence-corrected chi connectivity index (χ4v) is 7.21. The molecule has 37 heavy (non-hydrogen) atoms. The first-order chi connectivity index (χ1) is 17.8. The molecule has 1 aliphatic carbocycles. The van der Waals surface area contributed by atoms with E-state index in [4.69, 9.17) is 4.74 Å². The van der Waals surface area contributed by atoms with Crippen molar-refractivity contribution in [2.24, 2.45) is 5.92 Å². The highest BCUT2D eigenvalue weighted by Gasteiger charge is 2.29. The number of carbonyl (C=O) groups excluding carboxylic acids is 2. The van der Waals surface area contributed by atoms with Crippen LogP contribution in [0.1, 0.15) is 45.9 Å². The number of hydrogen-bond acceptors (Lipinski definition) is 7. The number of hydrogen-bond donors (Lipinski definition) is 1. The summed E-state index contributed by atoms with van der Waals surface area (Å²) in [6.45, 7) is 5.79. The molecule has 1 aliphatic rings. The van der Waals surface area contributed by atoms with Gasteiger partial charge >= 0.3 is 5.97 Å². The van der Waals surface area contributed by atoms with Crippen molar-refractivity contribution in [2.75, 3.05) is 11.9 Å². The molecule has 192 valence electrons. The Hall–Kier alpha value is -3.37. The highest BCUT2D eigenvalue weighted by atomic mass is 32.1. The topological polar surface area (TPSA) is 90.3 Å². The van der Waals surface area contributed by atoms with E-state index in [9.17, 15) is 18.8 Å². The van der Waals surface area contributed by atoms with E-state index in [-0.39, 0.29) is 24.5 Å². The molecule has 0 saturated heterocycles. The molecule has 0 radical (unpaired) electrons. The zero-order chi connectivity index (χ0) is 26.3. The lowest BCUT2D eigenvalue weighted by molar-refractivity contribution is -0.116. The summed E-state index contributed by atoms with van der Waals surface area (Å²) in [5, 5.41) is 3.72. The number of nitrogens with zero attached hydrogens (tertiary/aromatic N) is 2. The predicted octanol–water partition coefficient (Wildman–Crippen LogP) is 5.57. The number of aryl methyl sites for hydroxylation is 1. The monoisotopic (exact) mass is 539 g/mol. The molecular formula is C27H26FN3O4S2. The van der Waals surface area contributed by atoms with Crippen LogP contribution in [0.5, 0.6) is 0 Å². The number of anilines is 1. The van der Waals surface area contributed by atoms with Crippen molar-refractivity contribution in [3.63, 3.8) is 0 Å². The van der Waals surface area contributed by atoms with Gasteiger partial charge in [-0.15, -0.1) is 22.7 Å². The van der Waals surface area contributed by atoms with Crippen molar-refractivity contribution in [1.29, 1.82) is 0 Å². The third kappa shape index (κ3) is 4.83. The maximum atomic E-state index is 13.5. The number of thiophene rings is 2. The summed E-state index contributed by atoms with van der Waals surface area (Å²) in [4.78, 5) is 46.3. The molecule has 7 nitrogen and oxygen atoms in total. The van der Waals surface area contributed by atoms with Crippen LogP contribution in [0.25, 0.3) is 21.3 Å². The first-order valence-electron chi connectivity index (χ1n) is 12.1. The molecule has 3 aromatic heterocycles. The van der Waals surface area contributed by atoms with E-state index in [0.29, 0.717) is 37.8 Å². The first kappa shape index (κ1) is 25.3. The van der Waals surface area contributed by atoms with Crippen molar-refractivity contribution >= 4 is 49.8 Å². The number of aromatic nitrogens is 2. The zero-order valence-corrected chi connectivity index (χ0v) is 22.4. The van der Waals surface area contributed by atoms with Crippen LogP contribution < -0.4 is 10.9 Å². The quantitative estimate of drug-likeness (QED) is 0.323. The van der Waals surface area contributed by atoms with E-state index in [1.54, 1.807) is 19.1 Å². The largest absolute Gasteiger partial charge is 0.462 e. The van der Waals surface area contributed by atoms with Gasteiger partial charge in [0.1, 0.15) is 22.2 Å². The SMILES string of the molecule is CCOC(=O)c1c(NC(=O)Cn2cnc3sc(C)c(-c4ccc(F)cc4)c3c2=O)sc2c1CCC(C)C2. The number of ether oxygens (including phenoxy) is 1. The number of rotatable bonds is 6. The fraction of sp³-hybridized carbons (Fsp3) is 0.333. The summed E-state index contributed by atoms with van der Waals surface area (Å²) in [5.41, 5.74) is 2.43. The Morgan fingerprint density at radius 3 is 2.73 bits per heavy atom. The van der Waals surface area contributed by atoms with Crippen LogP contribution >= 0.6 is 22.7 Å². The Labute approximate surface area is 220 Å². The van der Waals surface area contributed by atoms with Crippen LogP contribution in [-0.4, -0.2) is 28.0 Å². The molecule has 0 bridgehead atoms. The van der Waals surface area contributed by atoms with Gasteiger partial charge in [-0.25, -0.2) is 14.2 Å². The first-order valence-corrected chi connectivity index (χ1v) is 13.8. The van der Waals surface area contributed by atoms with Gasteiger partial charge in [0.15, 0.2) is 0 Å². The van der Waals surface area contributed by atoms with Gasteiger partial charge in [-0.3, -0.25) is 14.2 Å². The van der Waals surface area contributed by atoms with Crippen LogP contribution in [0.3, 0.4) is 0 Å². The molecule has 1 aromatic carbocycles. The molecule has 3 heterocycles. The van der Waals surface area contributed by atoms with Gasteiger partial charge < -0.3 is 10.1 Å². The number of benzene rings is 1. The molecule has 0 fully saturated rings. The molecule has 0 spiro atoms. The maximum Gasteiger partial charge on any atom is 0.341 e. The second kappa shape index (κ2) is 10.2. The van der Waals surface area contributed by atoms with E-state index in [0.717, 1.165) is 34.6 Å². The van der Waals surface area contributed by atoms with Gasteiger partial charge in [0.2, 0.25) is 5.91 Å². The molecule has 5 rings (SSSR count). The molecule has 1 amide bonds. The minimum Gasteiger partial charge on any atom is -0.462 e. The average Bonchev–Trinajstić information content (AvgIpc) is 3.38. The molecule has 4 aromatic rings. The zero-order valence-electron chi connectivity index (χ0n) is 20.7. The molecule has 1 N–H and O–H groups in total. The molecule has 10 heteroatoms. The Morgan fingerprint density at radius 2 is 2.00 bits per heavy atom. The molecular weight excluding hydrogens is 513 g/mol. The number of nitrogens with one attached hydrogen (secondary N) is 1. The minimum absolute atomic E-state index is 0.241. The maximum absolute atomic E-state index is 13.5. The van der Waals surface area contributed by atoms with E-state index in [1.165, 1.54) is 45.7 Å². The van der Waals surface area contributed by atoms with Crippen LogP contribution in [0.15, 0.2) is 35.4 Å². The number of esters is 1. The number of fused-ring (bicyclic) bond motifs is 2. The van der Waals surface area contributed by atoms with Crippen molar-refractivity contribution in [3.8, 4) is 11.1 Å². The highest BCUT2D eigenvalue weighted by Crippen LogP contribution is 2.40. The standard InChI is InChI=1S/C27H26FN3O4S2/c1-4-35-27(34)22-18-10-5-14(2)11-19(18)37-25(22)30-20(32)12-31-13-29-24-23(26(31)33)21(15(3)36-24)16-6-8-17(28)9-7-16/h6-9,13-14H,4-5,10-12H2,1-3H3,(H,30,32). The van der Waals surface area contributed by atoms with E-state index >= 15 is 0 Å². The highest BCUT2D eigenvalue weighted by molar-refractivity contribution is 7.19. The molecule has 1 unspecified atom stereocenters. The third-order valence-electron chi connectivity index (χ3n) is 6.55. The van der Waals surface area contributed by atoms with Gasteiger partial charge in [0.05, 0.1) is 23.9 Å². The lowest BCUT2D eigenvalue weighted by Gasteiger charge is -2.18. The summed E-state index contributed by atoms with van der Waals surface area (Å²) in [6.07, 6.45) is 3.95. The summed E-state index contributed by atoms with van der Waals surface area (Å²) in [5.74, 6) is -0.732. The normalized spacial score (nSPS) is 15.0. The lowest BCUT2D eigenvalue weighted by atomic mass is 9.88. The van der Waals surface area contributed by atoms with E-state index < -0.39 is 11.9 Å². The van der Waals surface area contributed by atoms with Crippen molar-refractivity contribution in [1.82, 2.24) is 9.55 Å². The van der Waals surface area contributed by atoms with E-state index in [1.807, 2.05) is 6.92 Å². The minimum atomic E-state index is -0.442. The van der Waals surface area contributed by atoms with Gasteiger partial charge in [0, 0.05) is 15.3 Å². The van der Waals surface area contributed by atoms with Crippen molar-refractivity contribution in [2.45, 2.75) is 46.6 Å². The van der Waals surface area contributed by atoms with Crippen molar-refractivity contribution in [3.05, 3.63) is 67.6 Å². The molecule has 1 atom stereocenters. The average molecular weight is 540 g/mol. The number of carbonyl (C=O) groups is 2. The smallest absolute Gasteiger partial charge is 0.341 e. The predicted molar refractivity (Wildman–Crippen MR) is 144 cm³/mol. The van der Waals surface area contributed by atoms with Crippen LogP contribution in [0.4, 0.5) is 9.39 Å². The summed E-state index contributed by atoms with van der Waals surface area (Å²) < 4.78 is 20.0.